The van der Waals surface area contributed by atoms with Crippen LogP contribution in [0.15, 0.2) is 29.5 Å². The van der Waals surface area contributed by atoms with Gasteiger partial charge in [0.05, 0.1) is 18.0 Å². The molecule has 0 bridgehead atoms. The number of aliphatic carboxylic acids is 1. The molecule has 2 aromatic rings. The van der Waals surface area contributed by atoms with Gasteiger partial charge >= 0.3 is 11.9 Å². The van der Waals surface area contributed by atoms with Crippen LogP contribution in [0.3, 0.4) is 0 Å². The first-order valence-corrected chi connectivity index (χ1v) is 21.5. The van der Waals surface area contributed by atoms with Gasteiger partial charge < -0.3 is 19.7 Å². The summed E-state index contributed by atoms with van der Waals surface area (Å²) in [4.78, 5) is 43.6. The Kier molecular flexibility index (Phi) is 10.5. The van der Waals surface area contributed by atoms with Gasteiger partial charge in [-0.1, -0.05) is 54.0 Å². The van der Waals surface area contributed by atoms with Crippen molar-refractivity contribution in [2.24, 2.45) is 56.2 Å². The maximum atomic E-state index is 14.3. The van der Waals surface area contributed by atoms with E-state index in [-0.39, 0.29) is 57.2 Å². The molecular formula is C46H66FN5O5. The molecule has 0 spiro atoms. The Morgan fingerprint density at radius 3 is 2.39 bits per heavy atom. The first-order chi connectivity index (χ1) is 26.6. The number of Topliss-reactive ketones (excluding diaryl/α,β-unsaturated/α-hetero) is 1. The highest BCUT2D eigenvalue weighted by Gasteiger charge is 2.70. The monoisotopic (exact) mass is 788 g/mol. The molecule has 2 heterocycles. The van der Waals surface area contributed by atoms with E-state index < -0.39 is 23.2 Å². The van der Waals surface area contributed by atoms with E-state index in [0.29, 0.717) is 49.3 Å². The minimum atomic E-state index is -1.17. The number of rotatable bonds is 11. The lowest BCUT2D eigenvalue weighted by molar-refractivity contribution is -0.233. The van der Waals surface area contributed by atoms with Crippen molar-refractivity contribution >= 4 is 17.7 Å². The average molecular weight is 788 g/mol. The van der Waals surface area contributed by atoms with Crippen LogP contribution in [0.1, 0.15) is 132 Å². The lowest BCUT2D eigenvalue weighted by Gasteiger charge is -2.72. The lowest BCUT2D eigenvalue weighted by Crippen LogP contribution is -2.65. The summed E-state index contributed by atoms with van der Waals surface area (Å²) in [6.45, 7) is 21.1. The third-order valence-corrected chi connectivity index (χ3v) is 16.8. The minimum absolute atomic E-state index is 0.00758. The van der Waals surface area contributed by atoms with Gasteiger partial charge in [-0.2, -0.15) is 0 Å². The lowest BCUT2D eigenvalue weighted by atomic mass is 9.33. The zero-order chi connectivity index (χ0) is 41.5. The summed E-state index contributed by atoms with van der Waals surface area (Å²) in [6, 6.07) is 3.06. The highest BCUT2D eigenvalue weighted by Crippen LogP contribution is 2.77. The van der Waals surface area contributed by atoms with E-state index in [1.807, 2.05) is 7.05 Å². The van der Waals surface area contributed by atoms with Crippen LogP contribution in [-0.4, -0.2) is 62.3 Å². The number of ketones is 1. The third kappa shape index (κ3) is 6.51. The van der Waals surface area contributed by atoms with Crippen LogP contribution < -0.4 is 5.32 Å². The average Bonchev–Trinajstić information content (AvgIpc) is 3.66. The molecule has 0 aliphatic heterocycles. The summed E-state index contributed by atoms with van der Waals surface area (Å²) in [5, 5.41) is 22.3. The fourth-order valence-electron chi connectivity index (χ4n) is 13.7. The second kappa shape index (κ2) is 14.4. The Labute approximate surface area is 338 Å². The fourth-order valence-corrected chi connectivity index (χ4v) is 13.7. The Balaban J connectivity index is 1.20. The summed E-state index contributed by atoms with van der Waals surface area (Å²) in [7, 11) is 1.92. The largest absolute Gasteiger partial charge is 0.481 e. The van der Waals surface area contributed by atoms with Gasteiger partial charge in [-0.3, -0.25) is 14.4 Å². The standard InChI is InChI=1S/C46H66FN5O5/c1-27(2)37-31(53)23-46(24-35-50-51-39(52(35)22-21-48-10)30-13-11-28(47)26-49-30)20-19-44(8)29(38(37)46)12-14-33-43(7)17-16-34(57-36(54)25-41(3,4)40(55)56)42(5,6)32(43)15-18-45(33,44)9/h11,13,26-27,29,32-34,48H,12,14-25H2,1-10H3,(H,55,56)/t29-,32+,33-,34+,43+,44-,45-,46+/m1/s1. The van der Waals surface area contributed by atoms with Crippen LogP contribution in [0, 0.1) is 62.0 Å². The maximum Gasteiger partial charge on any atom is 0.309 e. The van der Waals surface area contributed by atoms with Crippen molar-refractivity contribution < 1.29 is 28.6 Å². The van der Waals surface area contributed by atoms with E-state index in [9.17, 15) is 23.9 Å². The number of hydrogen-bond acceptors (Lipinski definition) is 8. The van der Waals surface area contributed by atoms with Gasteiger partial charge in [0.2, 0.25) is 0 Å². The van der Waals surface area contributed by atoms with Crippen molar-refractivity contribution in [3.05, 3.63) is 41.1 Å². The van der Waals surface area contributed by atoms with Crippen LogP contribution in [0.5, 0.6) is 0 Å². The number of esters is 1. The van der Waals surface area contributed by atoms with Gasteiger partial charge in [-0.25, -0.2) is 9.37 Å². The number of nitrogens with zero attached hydrogens (tertiary/aromatic N) is 4. The fraction of sp³-hybridized carbons (Fsp3) is 0.739. The Morgan fingerprint density at radius 1 is 1.00 bits per heavy atom. The van der Waals surface area contributed by atoms with Crippen molar-refractivity contribution in [3.8, 4) is 11.5 Å². The van der Waals surface area contributed by atoms with Gasteiger partial charge in [0, 0.05) is 36.8 Å². The van der Waals surface area contributed by atoms with Crippen molar-refractivity contribution in [3.63, 3.8) is 0 Å². The molecule has 4 fully saturated rings. The van der Waals surface area contributed by atoms with Gasteiger partial charge in [0.1, 0.15) is 23.4 Å². The van der Waals surface area contributed by atoms with Crippen molar-refractivity contribution in [1.29, 1.82) is 0 Å². The molecule has 0 unspecified atom stereocenters. The zero-order valence-corrected chi connectivity index (χ0v) is 36.1. The Hall–Kier alpha value is -3.47. The van der Waals surface area contributed by atoms with E-state index >= 15 is 0 Å². The summed E-state index contributed by atoms with van der Waals surface area (Å²) in [5.74, 6) is 1.19. The molecule has 0 saturated heterocycles. The van der Waals surface area contributed by atoms with Gasteiger partial charge in [-0.05, 0) is 130 Å². The highest BCUT2D eigenvalue weighted by atomic mass is 19.1. The highest BCUT2D eigenvalue weighted by molar-refractivity contribution is 6.00. The Morgan fingerprint density at radius 2 is 1.74 bits per heavy atom. The molecule has 7 rings (SSSR count). The first-order valence-electron chi connectivity index (χ1n) is 21.5. The predicted molar refractivity (Wildman–Crippen MR) is 216 cm³/mol. The normalized spacial score (nSPS) is 34.7. The van der Waals surface area contributed by atoms with E-state index in [4.69, 9.17) is 9.84 Å². The number of ether oxygens (including phenoxy) is 1. The SMILES string of the molecule is CNCCn1c(C[C@@]23CC[C@]4(C)[C@H](CC[C@@H]5[C@@]6(C)CC[C@H](OC(=O)CC(C)(C)C(=O)O)C(C)(C)[C@@H]6CC[C@]54C)C2=C(C(C)C)C(=O)C3)nnc1-c1ccc(F)cn1. The number of carboxylic acids is 1. The maximum absolute atomic E-state index is 14.3. The third-order valence-electron chi connectivity index (χ3n) is 16.8. The minimum Gasteiger partial charge on any atom is -0.481 e. The smallest absolute Gasteiger partial charge is 0.309 e. The van der Waals surface area contributed by atoms with E-state index in [1.54, 1.807) is 19.9 Å². The summed E-state index contributed by atoms with van der Waals surface area (Å²) in [6.07, 6.45) is 9.91. The molecule has 0 aromatic carbocycles. The number of fused-ring (bicyclic) bond motifs is 7. The predicted octanol–water partition coefficient (Wildman–Crippen LogP) is 8.63. The van der Waals surface area contributed by atoms with E-state index in [0.717, 1.165) is 62.8 Å². The molecule has 57 heavy (non-hydrogen) atoms. The molecule has 2 aromatic heterocycles. The summed E-state index contributed by atoms with van der Waals surface area (Å²) < 4.78 is 22.2. The quantitative estimate of drug-likeness (QED) is 0.215. The van der Waals surface area contributed by atoms with Crippen LogP contribution in [0.25, 0.3) is 11.5 Å². The zero-order valence-electron chi connectivity index (χ0n) is 36.1. The molecule has 5 aliphatic carbocycles. The second-order valence-electron chi connectivity index (χ2n) is 20.9. The first kappa shape index (κ1) is 41.7. The number of nitrogens with one attached hydrogen (secondary N) is 1. The molecule has 4 saturated carbocycles. The Bertz CT molecular complexity index is 1950. The van der Waals surface area contributed by atoms with Crippen LogP contribution in [-0.2, 0) is 32.1 Å². The molecule has 8 atom stereocenters. The topological polar surface area (TPSA) is 136 Å². The molecule has 312 valence electrons. The number of carbonyl (C=O) groups excluding carboxylic acids is 2. The molecular weight excluding hydrogens is 722 g/mol. The van der Waals surface area contributed by atoms with Crippen molar-refractivity contribution in [2.45, 2.75) is 146 Å². The number of aromatic nitrogens is 4. The van der Waals surface area contributed by atoms with Crippen molar-refractivity contribution in [2.75, 3.05) is 13.6 Å². The van der Waals surface area contributed by atoms with Crippen molar-refractivity contribution in [1.82, 2.24) is 25.1 Å². The number of hydrogen-bond donors (Lipinski definition) is 2. The van der Waals surface area contributed by atoms with Gasteiger partial charge in [0.15, 0.2) is 11.6 Å². The molecule has 11 heteroatoms. The van der Waals surface area contributed by atoms with Gasteiger partial charge in [0.25, 0.3) is 0 Å². The summed E-state index contributed by atoms with van der Waals surface area (Å²) in [5.41, 5.74) is 1.35. The molecule has 0 radical (unpaired) electrons. The second-order valence-corrected chi connectivity index (χ2v) is 20.9. The van der Waals surface area contributed by atoms with E-state index in [1.165, 1.54) is 17.8 Å². The van der Waals surface area contributed by atoms with Crippen LogP contribution in [0.2, 0.25) is 0 Å². The van der Waals surface area contributed by atoms with Gasteiger partial charge in [-0.15, -0.1) is 10.2 Å². The number of allylic oxidation sites excluding steroid dienone is 2. The number of pyridine rings is 1. The molecule has 5 aliphatic rings. The van der Waals surface area contributed by atoms with Crippen LogP contribution >= 0.6 is 0 Å². The van der Waals surface area contributed by atoms with Crippen LogP contribution in [0.4, 0.5) is 4.39 Å². The number of carboxylic acid groups (broad SMARTS) is 1. The van der Waals surface area contributed by atoms with E-state index in [2.05, 4.69) is 68.4 Å². The molecule has 2 N–H and O–H groups in total. The number of carbonyl (C=O) groups is 3. The number of halogens is 1. The summed E-state index contributed by atoms with van der Waals surface area (Å²) >= 11 is 0. The number of likely N-dealkylation sites (N-methyl/N-ethyl adjacent to an activating group) is 1. The molecule has 0 amide bonds. The molecule has 10 nitrogen and oxygen atoms in total.